The first-order valence-corrected chi connectivity index (χ1v) is 7.91. The normalized spacial score (nSPS) is 19.0. The molecule has 6 heteroatoms. The van der Waals surface area contributed by atoms with Crippen molar-refractivity contribution in [2.75, 3.05) is 26.8 Å². The van der Waals surface area contributed by atoms with Crippen LogP contribution in [-0.4, -0.2) is 46.6 Å². The minimum atomic E-state index is 0.0584. The van der Waals surface area contributed by atoms with Crippen molar-refractivity contribution in [2.45, 2.75) is 26.1 Å². The number of phenols is 1. The summed E-state index contributed by atoms with van der Waals surface area (Å²) in [7, 11) is 1.56. The summed E-state index contributed by atoms with van der Waals surface area (Å²) in [6, 6.07) is 5.49. The highest BCUT2D eigenvalue weighted by molar-refractivity contribution is 5.41. The molecule has 1 saturated heterocycles. The van der Waals surface area contributed by atoms with Crippen LogP contribution in [0.25, 0.3) is 0 Å². The van der Waals surface area contributed by atoms with Crippen molar-refractivity contribution in [3.05, 3.63) is 41.7 Å². The Morgan fingerprint density at radius 1 is 1.43 bits per heavy atom. The third-order valence-corrected chi connectivity index (χ3v) is 4.15. The summed E-state index contributed by atoms with van der Waals surface area (Å²) < 4.78 is 13.0. The lowest BCUT2D eigenvalue weighted by atomic mass is 10.1. The van der Waals surface area contributed by atoms with Crippen molar-refractivity contribution < 1.29 is 14.6 Å². The van der Waals surface area contributed by atoms with Crippen LogP contribution < -0.4 is 4.74 Å². The molecule has 1 aliphatic rings. The average Bonchev–Trinajstić information content (AvgIpc) is 3.06. The molecule has 0 radical (unpaired) electrons. The minimum absolute atomic E-state index is 0.0584. The Kier molecular flexibility index (Phi) is 4.83. The van der Waals surface area contributed by atoms with Gasteiger partial charge in [-0.15, -0.1) is 0 Å². The van der Waals surface area contributed by atoms with Crippen LogP contribution in [0.4, 0.5) is 0 Å². The van der Waals surface area contributed by atoms with Gasteiger partial charge in [0.05, 0.1) is 26.0 Å². The van der Waals surface area contributed by atoms with Crippen LogP contribution in [0.5, 0.6) is 11.5 Å². The summed E-state index contributed by atoms with van der Waals surface area (Å²) >= 11 is 0. The van der Waals surface area contributed by atoms with Crippen LogP contribution in [0.3, 0.4) is 0 Å². The first-order valence-electron chi connectivity index (χ1n) is 7.91. The van der Waals surface area contributed by atoms with Crippen LogP contribution in [0.2, 0.25) is 0 Å². The number of benzene rings is 1. The fourth-order valence-electron chi connectivity index (χ4n) is 2.85. The summed E-state index contributed by atoms with van der Waals surface area (Å²) in [4.78, 5) is 2.35. The monoisotopic (exact) mass is 317 g/mol. The van der Waals surface area contributed by atoms with E-state index in [0.717, 1.165) is 37.3 Å². The lowest BCUT2D eigenvalue weighted by molar-refractivity contribution is -0.0329. The van der Waals surface area contributed by atoms with Crippen molar-refractivity contribution >= 4 is 0 Å². The minimum Gasteiger partial charge on any atom is -0.504 e. The number of nitrogens with zero attached hydrogens (tertiary/aromatic N) is 3. The molecule has 124 valence electrons. The average molecular weight is 317 g/mol. The molecule has 0 spiro atoms. The van der Waals surface area contributed by atoms with Gasteiger partial charge in [0.1, 0.15) is 0 Å². The molecule has 1 N–H and O–H groups in total. The van der Waals surface area contributed by atoms with Gasteiger partial charge in [0.15, 0.2) is 11.5 Å². The smallest absolute Gasteiger partial charge is 0.160 e. The lowest BCUT2D eigenvalue weighted by Crippen LogP contribution is -2.37. The number of aryl methyl sites for hydroxylation is 1. The topological polar surface area (TPSA) is 59.8 Å². The molecular weight excluding hydrogens is 294 g/mol. The molecule has 0 amide bonds. The molecule has 1 aliphatic heterocycles. The molecule has 0 saturated carbocycles. The largest absolute Gasteiger partial charge is 0.504 e. The second-order valence-electron chi connectivity index (χ2n) is 5.73. The first kappa shape index (κ1) is 15.8. The maximum atomic E-state index is 9.69. The Morgan fingerprint density at radius 3 is 3.04 bits per heavy atom. The number of hydrogen-bond acceptors (Lipinski definition) is 5. The Morgan fingerprint density at radius 2 is 2.30 bits per heavy atom. The number of phenolic OH excluding ortho intramolecular Hbond substituents is 1. The summed E-state index contributed by atoms with van der Waals surface area (Å²) in [5.41, 5.74) is 2.24. The number of aromatic hydroxyl groups is 1. The van der Waals surface area contributed by atoms with Gasteiger partial charge in [-0.1, -0.05) is 6.07 Å². The molecule has 1 aromatic heterocycles. The SMILES string of the molecule is CCn1cc(C2CN(Cc3ccc(O)c(OC)c3)CCO2)cn1. The third-order valence-electron chi connectivity index (χ3n) is 4.15. The van der Waals surface area contributed by atoms with E-state index in [0.29, 0.717) is 12.4 Å². The number of methoxy groups -OCH3 is 1. The molecule has 6 nitrogen and oxygen atoms in total. The molecule has 23 heavy (non-hydrogen) atoms. The van der Waals surface area contributed by atoms with Gasteiger partial charge in [-0.3, -0.25) is 9.58 Å². The maximum Gasteiger partial charge on any atom is 0.160 e. The Labute approximate surface area is 136 Å². The summed E-state index contributed by atoms with van der Waals surface area (Å²) in [6.07, 6.45) is 4.00. The van der Waals surface area contributed by atoms with Crippen molar-refractivity contribution in [2.24, 2.45) is 0 Å². The second-order valence-corrected chi connectivity index (χ2v) is 5.73. The van der Waals surface area contributed by atoms with Crippen LogP contribution in [-0.2, 0) is 17.8 Å². The Bertz CT molecular complexity index is 656. The van der Waals surface area contributed by atoms with Gasteiger partial charge in [-0.25, -0.2) is 0 Å². The highest BCUT2D eigenvalue weighted by Crippen LogP contribution is 2.28. The van der Waals surface area contributed by atoms with E-state index in [-0.39, 0.29) is 11.9 Å². The van der Waals surface area contributed by atoms with Crippen LogP contribution in [0, 0.1) is 0 Å². The van der Waals surface area contributed by atoms with Gasteiger partial charge in [0, 0.05) is 37.9 Å². The molecular formula is C17H23N3O3. The number of morpholine rings is 1. The molecule has 1 atom stereocenters. The lowest BCUT2D eigenvalue weighted by Gasteiger charge is -2.32. The predicted molar refractivity (Wildman–Crippen MR) is 86.5 cm³/mol. The van der Waals surface area contributed by atoms with Crippen LogP contribution in [0.1, 0.15) is 24.2 Å². The quantitative estimate of drug-likeness (QED) is 0.916. The Balaban J connectivity index is 1.66. The third kappa shape index (κ3) is 3.65. The van der Waals surface area contributed by atoms with E-state index in [4.69, 9.17) is 9.47 Å². The first-order chi connectivity index (χ1) is 11.2. The molecule has 1 fully saturated rings. The number of hydrogen-bond donors (Lipinski definition) is 1. The van der Waals surface area contributed by atoms with Gasteiger partial charge in [-0.2, -0.15) is 5.10 Å². The fourth-order valence-corrected chi connectivity index (χ4v) is 2.85. The van der Waals surface area contributed by atoms with E-state index in [2.05, 4.69) is 23.1 Å². The van der Waals surface area contributed by atoms with E-state index in [1.807, 2.05) is 23.0 Å². The summed E-state index contributed by atoms with van der Waals surface area (Å²) in [5.74, 6) is 0.680. The van der Waals surface area contributed by atoms with Crippen molar-refractivity contribution in [3.8, 4) is 11.5 Å². The van der Waals surface area contributed by atoms with E-state index in [1.165, 1.54) is 0 Å². The van der Waals surface area contributed by atoms with E-state index in [1.54, 1.807) is 13.2 Å². The number of aromatic nitrogens is 2. The standard InChI is InChI=1S/C17H23N3O3/c1-3-20-11-14(9-18-20)17-12-19(6-7-23-17)10-13-4-5-15(21)16(8-13)22-2/h4-5,8-9,11,17,21H,3,6-7,10,12H2,1-2H3. The summed E-state index contributed by atoms with van der Waals surface area (Å²) in [5, 5.41) is 14.0. The maximum absolute atomic E-state index is 9.69. The zero-order chi connectivity index (χ0) is 16.2. The zero-order valence-electron chi connectivity index (χ0n) is 13.6. The van der Waals surface area contributed by atoms with Crippen molar-refractivity contribution in [1.29, 1.82) is 0 Å². The van der Waals surface area contributed by atoms with E-state index >= 15 is 0 Å². The van der Waals surface area contributed by atoms with Gasteiger partial charge >= 0.3 is 0 Å². The van der Waals surface area contributed by atoms with Crippen molar-refractivity contribution in [3.63, 3.8) is 0 Å². The molecule has 2 aromatic rings. The molecule has 2 heterocycles. The summed E-state index contributed by atoms with van der Waals surface area (Å²) in [6.45, 7) is 6.17. The molecule has 0 bridgehead atoms. The molecule has 1 aromatic carbocycles. The highest BCUT2D eigenvalue weighted by atomic mass is 16.5. The highest BCUT2D eigenvalue weighted by Gasteiger charge is 2.23. The molecule has 1 unspecified atom stereocenters. The van der Waals surface area contributed by atoms with Crippen molar-refractivity contribution in [1.82, 2.24) is 14.7 Å². The number of ether oxygens (including phenoxy) is 2. The predicted octanol–water partition coefficient (Wildman–Crippen LogP) is 2.19. The van der Waals surface area contributed by atoms with Crippen LogP contribution in [0.15, 0.2) is 30.6 Å². The number of rotatable bonds is 5. The second kappa shape index (κ2) is 7.02. The Hall–Kier alpha value is -2.05. The van der Waals surface area contributed by atoms with Gasteiger partial charge < -0.3 is 14.6 Å². The van der Waals surface area contributed by atoms with Crippen LogP contribution >= 0.6 is 0 Å². The van der Waals surface area contributed by atoms with Gasteiger partial charge in [-0.05, 0) is 24.6 Å². The molecule has 3 rings (SSSR count). The fraction of sp³-hybridized carbons (Fsp3) is 0.471. The zero-order valence-corrected chi connectivity index (χ0v) is 13.6. The van der Waals surface area contributed by atoms with E-state index in [9.17, 15) is 5.11 Å². The van der Waals surface area contributed by atoms with Gasteiger partial charge in [0.25, 0.3) is 0 Å². The van der Waals surface area contributed by atoms with Gasteiger partial charge in [0.2, 0.25) is 0 Å². The molecule has 0 aliphatic carbocycles. The van der Waals surface area contributed by atoms with E-state index < -0.39 is 0 Å².